The second kappa shape index (κ2) is 8.09. The number of hydrogen-bond acceptors (Lipinski definition) is 4. The largest absolute Gasteiger partial charge is 0.370 e. The van der Waals surface area contributed by atoms with E-state index in [-0.39, 0.29) is 5.91 Å². The molecule has 2 saturated heterocycles. The number of carbonyl (C=O) groups excluding carboxylic acids is 1. The molecule has 0 N–H and O–H groups in total. The van der Waals surface area contributed by atoms with E-state index < -0.39 is 0 Å². The maximum Gasteiger partial charge on any atom is 0.227 e. The van der Waals surface area contributed by atoms with Gasteiger partial charge in [0.1, 0.15) is 0 Å². The van der Waals surface area contributed by atoms with Crippen LogP contribution in [0, 0.1) is 12.8 Å². The van der Waals surface area contributed by atoms with Crippen LogP contribution >= 0.6 is 0 Å². The van der Waals surface area contributed by atoms with Crippen molar-refractivity contribution in [3.8, 4) is 0 Å². The minimum atomic E-state index is 0.259. The molecule has 1 aromatic heterocycles. The first-order chi connectivity index (χ1) is 13.2. The fraction of sp³-hybridized carbons (Fsp3) is 0.455. The fourth-order valence-corrected chi connectivity index (χ4v) is 4.27. The summed E-state index contributed by atoms with van der Waals surface area (Å²) in [4.78, 5) is 23.7. The number of anilines is 2. The molecule has 0 bridgehead atoms. The van der Waals surface area contributed by atoms with Crippen LogP contribution in [0.5, 0.6) is 0 Å². The summed E-state index contributed by atoms with van der Waals surface area (Å²) >= 11 is 0. The van der Waals surface area contributed by atoms with Gasteiger partial charge in [-0.1, -0.05) is 18.2 Å². The lowest BCUT2D eigenvalue weighted by atomic mass is 10.1. The Morgan fingerprint density at radius 2 is 1.89 bits per heavy atom. The van der Waals surface area contributed by atoms with Crippen LogP contribution < -0.4 is 9.80 Å². The quantitative estimate of drug-likeness (QED) is 0.836. The predicted octanol–water partition coefficient (Wildman–Crippen LogP) is 2.96. The summed E-state index contributed by atoms with van der Waals surface area (Å²) in [5, 5.41) is 0. The zero-order chi connectivity index (χ0) is 18.6. The van der Waals surface area contributed by atoms with Crippen molar-refractivity contribution in [2.24, 2.45) is 5.92 Å². The zero-order valence-electron chi connectivity index (χ0n) is 16.1. The number of aryl methyl sites for hydroxylation is 1. The number of amides is 1. The van der Waals surface area contributed by atoms with Crippen LogP contribution in [0.2, 0.25) is 0 Å². The van der Waals surface area contributed by atoms with Crippen molar-refractivity contribution in [1.29, 1.82) is 0 Å². The zero-order valence-corrected chi connectivity index (χ0v) is 16.1. The lowest BCUT2D eigenvalue weighted by molar-refractivity contribution is -0.117. The summed E-state index contributed by atoms with van der Waals surface area (Å²) in [6.07, 6.45) is 3.72. The van der Waals surface area contributed by atoms with E-state index in [1.54, 1.807) is 0 Å². The van der Waals surface area contributed by atoms with Crippen LogP contribution in [0.1, 0.15) is 18.5 Å². The fourth-order valence-electron chi connectivity index (χ4n) is 4.27. The highest BCUT2D eigenvalue weighted by atomic mass is 16.2. The smallest absolute Gasteiger partial charge is 0.227 e. The van der Waals surface area contributed by atoms with Crippen molar-refractivity contribution in [2.45, 2.75) is 19.8 Å². The highest BCUT2D eigenvalue weighted by Crippen LogP contribution is 2.26. The predicted molar refractivity (Wildman–Crippen MR) is 109 cm³/mol. The first kappa shape index (κ1) is 18.0. The number of aromatic nitrogens is 1. The van der Waals surface area contributed by atoms with Gasteiger partial charge in [-0.15, -0.1) is 0 Å². The van der Waals surface area contributed by atoms with Gasteiger partial charge in [-0.05, 0) is 50.1 Å². The van der Waals surface area contributed by atoms with Crippen LogP contribution in [-0.4, -0.2) is 55.1 Å². The van der Waals surface area contributed by atoms with E-state index >= 15 is 0 Å². The molecule has 3 heterocycles. The molecule has 0 aliphatic carbocycles. The average Bonchev–Trinajstić information content (AvgIpc) is 2.88. The number of carbonyl (C=O) groups is 1. The summed E-state index contributed by atoms with van der Waals surface area (Å²) in [6.45, 7) is 8.17. The van der Waals surface area contributed by atoms with E-state index in [1.165, 1.54) is 5.69 Å². The molecule has 1 aromatic carbocycles. The van der Waals surface area contributed by atoms with Crippen LogP contribution in [0.25, 0.3) is 0 Å². The lowest BCUT2D eigenvalue weighted by Gasteiger charge is -2.25. The Balaban J connectivity index is 1.33. The third-order valence-electron chi connectivity index (χ3n) is 5.62. The van der Waals surface area contributed by atoms with E-state index in [4.69, 9.17) is 0 Å². The number of para-hydroxylation sites is 1. The minimum Gasteiger partial charge on any atom is -0.370 e. The van der Waals surface area contributed by atoms with Crippen LogP contribution in [-0.2, 0) is 4.79 Å². The first-order valence-corrected chi connectivity index (χ1v) is 9.94. The molecule has 1 unspecified atom stereocenters. The number of rotatable bonds is 4. The Kier molecular flexibility index (Phi) is 5.39. The highest BCUT2D eigenvalue weighted by Gasteiger charge is 2.32. The third kappa shape index (κ3) is 4.30. The second-order valence-corrected chi connectivity index (χ2v) is 7.71. The standard InChI is InChI=1S/C22H28N4O/c1-18-14-21(8-9-23-18)25-11-5-10-24(12-13-25)16-19-15-22(27)26(17-19)20-6-3-2-4-7-20/h2-4,6-9,14,19H,5,10-13,15-17H2,1H3. The van der Waals surface area contributed by atoms with Crippen LogP contribution in [0.3, 0.4) is 0 Å². The van der Waals surface area contributed by atoms with Gasteiger partial charge in [0.15, 0.2) is 0 Å². The van der Waals surface area contributed by atoms with Gasteiger partial charge >= 0.3 is 0 Å². The molecule has 27 heavy (non-hydrogen) atoms. The topological polar surface area (TPSA) is 39.7 Å². The molecule has 2 aliphatic rings. The van der Waals surface area contributed by atoms with Crippen LogP contribution in [0.4, 0.5) is 11.4 Å². The van der Waals surface area contributed by atoms with Gasteiger partial charge in [0, 0.05) is 62.4 Å². The van der Waals surface area contributed by atoms with Crippen molar-refractivity contribution in [1.82, 2.24) is 9.88 Å². The Bertz CT molecular complexity index is 779. The van der Waals surface area contributed by atoms with Gasteiger partial charge in [0.2, 0.25) is 5.91 Å². The van der Waals surface area contributed by atoms with E-state index in [0.717, 1.165) is 57.1 Å². The molecule has 2 aromatic rings. The van der Waals surface area contributed by atoms with Gasteiger partial charge in [0.25, 0.3) is 0 Å². The average molecular weight is 364 g/mol. The summed E-state index contributed by atoms with van der Waals surface area (Å²) in [5.41, 5.74) is 3.37. The first-order valence-electron chi connectivity index (χ1n) is 9.94. The highest BCUT2D eigenvalue weighted by molar-refractivity contribution is 5.95. The molecule has 0 saturated carbocycles. The van der Waals surface area contributed by atoms with E-state index in [9.17, 15) is 4.79 Å². The van der Waals surface area contributed by atoms with Crippen molar-refractivity contribution >= 4 is 17.3 Å². The minimum absolute atomic E-state index is 0.259. The lowest BCUT2D eigenvalue weighted by Crippen LogP contribution is -2.35. The van der Waals surface area contributed by atoms with Gasteiger partial charge in [0.05, 0.1) is 0 Å². The number of nitrogens with zero attached hydrogens (tertiary/aromatic N) is 4. The Hall–Kier alpha value is -2.40. The number of benzene rings is 1. The number of pyridine rings is 1. The van der Waals surface area contributed by atoms with Crippen LogP contribution in [0.15, 0.2) is 48.7 Å². The molecule has 2 aliphatic heterocycles. The van der Waals surface area contributed by atoms with E-state index in [0.29, 0.717) is 12.3 Å². The van der Waals surface area contributed by atoms with Crippen molar-refractivity contribution in [3.63, 3.8) is 0 Å². The second-order valence-electron chi connectivity index (χ2n) is 7.71. The summed E-state index contributed by atoms with van der Waals surface area (Å²) in [6, 6.07) is 14.3. The molecule has 4 rings (SSSR count). The molecule has 5 nitrogen and oxygen atoms in total. The molecular formula is C22H28N4O. The van der Waals surface area contributed by atoms with E-state index in [1.807, 2.05) is 48.4 Å². The van der Waals surface area contributed by atoms with Crippen molar-refractivity contribution in [2.75, 3.05) is 49.1 Å². The Labute approximate surface area is 161 Å². The SMILES string of the molecule is Cc1cc(N2CCCN(CC3CC(=O)N(c4ccccc4)C3)CC2)ccn1. The summed E-state index contributed by atoms with van der Waals surface area (Å²) in [5.74, 6) is 0.683. The molecule has 2 fully saturated rings. The van der Waals surface area contributed by atoms with E-state index in [2.05, 4.69) is 26.9 Å². The molecule has 0 spiro atoms. The molecule has 0 radical (unpaired) electrons. The molecule has 1 amide bonds. The van der Waals surface area contributed by atoms with Crippen molar-refractivity contribution in [3.05, 3.63) is 54.4 Å². The van der Waals surface area contributed by atoms with Gasteiger partial charge in [-0.3, -0.25) is 9.78 Å². The normalized spacial score (nSPS) is 21.5. The summed E-state index contributed by atoms with van der Waals surface area (Å²) in [7, 11) is 0. The number of hydrogen-bond donors (Lipinski definition) is 0. The molecule has 1 atom stereocenters. The van der Waals surface area contributed by atoms with Gasteiger partial charge in [-0.2, -0.15) is 0 Å². The molecule has 5 heteroatoms. The monoisotopic (exact) mass is 364 g/mol. The Morgan fingerprint density at radius 1 is 1.04 bits per heavy atom. The van der Waals surface area contributed by atoms with Gasteiger partial charge < -0.3 is 14.7 Å². The molecular weight excluding hydrogens is 336 g/mol. The van der Waals surface area contributed by atoms with Crippen molar-refractivity contribution < 1.29 is 4.79 Å². The maximum atomic E-state index is 12.5. The third-order valence-corrected chi connectivity index (χ3v) is 5.62. The maximum absolute atomic E-state index is 12.5. The Morgan fingerprint density at radius 3 is 2.70 bits per heavy atom. The summed E-state index contributed by atoms with van der Waals surface area (Å²) < 4.78 is 0. The molecule has 142 valence electrons. The van der Waals surface area contributed by atoms with Gasteiger partial charge in [-0.25, -0.2) is 0 Å².